The molecule has 0 radical (unpaired) electrons. The number of carboxylic acid groups (broad SMARTS) is 1. The molecule has 18 heavy (non-hydrogen) atoms. The van der Waals surface area contributed by atoms with Crippen LogP contribution in [-0.4, -0.2) is 16.2 Å². The van der Waals surface area contributed by atoms with Gasteiger partial charge in [0, 0.05) is 16.5 Å². The fourth-order valence-corrected chi connectivity index (χ4v) is 1.92. The van der Waals surface area contributed by atoms with E-state index in [-0.39, 0.29) is 5.76 Å². The Balaban J connectivity index is 2.16. The molecule has 5 nitrogen and oxygen atoms in total. The Morgan fingerprint density at radius 1 is 1.33 bits per heavy atom. The Morgan fingerprint density at radius 3 is 2.89 bits per heavy atom. The maximum atomic E-state index is 10.9. The monoisotopic (exact) mass is 243 g/mol. The first kappa shape index (κ1) is 10.6. The summed E-state index contributed by atoms with van der Waals surface area (Å²) in [5, 5.41) is 13.7. The molecule has 2 heterocycles. The van der Waals surface area contributed by atoms with Crippen LogP contribution >= 0.6 is 0 Å². The average Bonchev–Trinajstić information content (AvgIpc) is 2.93. The average molecular weight is 243 g/mol. The standard InChI is InChI=1S/C13H9NO4/c1-7-11(14-18-12(7)13(15)16)9-2-3-10-8(6-9)4-5-17-10/h2-6H,1H3,(H,15,16). The van der Waals surface area contributed by atoms with E-state index < -0.39 is 5.97 Å². The molecule has 0 aliphatic carbocycles. The Kier molecular flexibility index (Phi) is 2.19. The number of hydrogen-bond acceptors (Lipinski definition) is 4. The lowest BCUT2D eigenvalue weighted by atomic mass is 10.1. The van der Waals surface area contributed by atoms with E-state index in [1.165, 1.54) is 0 Å². The highest BCUT2D eigenvalue weighted by Crippen LogP contribution is 2.28. The number of benzene rings is 1. The van der Waals surface area contributed by atoms with Gasteiger partial charge in [-0.2, -0.15) is 0 Å². The molecule has 3 aromatic rings. The Bertz CT molecular complexity index is 738. The zero-order valence-electron chi connectivity index (χ0n) is 9.51. The summed E-state index contributed by atoms with van der Waals surface area (Å²) in [6.45, 7) is 1.68. The van der Waals surface area contributed by atoms with Crippen molar-refractivity contribution in [2.45, 2.75) is 6.92 Å². The molecule has 0 atom stereocenters. The number of nitrogens with zero attached hydrogens (tertiary/aromatic N) is 1. The minimum absolute atomic E-state index is 0.128. The molecule has 5 heteroatoms. The van der Waals surface area contributed by atoms with E-state index in [2.05, 4.69) is 5.16 Å². The van der Waals surface area contributed by atoms with Gasteiger partial charge in [-0.05, 0) is 31.2 Å². The molecule has 1 aromatic carbocycles. The third kappa shape index (κ3) is 1.48. The molecular weight excluding hydrogens is 234 g/mol. The van der Waals surface area contributed by atoms with Crippen molar-refractivity contribution in [3.63, 3.8) is 0 Å². The lowest BCUT2D eigenvalue weighted by molar-refractivity contribution is 0.0651. The van der Waals surface area contributed by atoms with Crippen molar-refractivity contribution in [1.82, 2.24) is 5.16 Å². The first-order chi connectivity index (χ1) is 8.66. The molecule has 2 aromatic heterocycles. The van der Waals surface area contributed by atoms with E-state index in [4.69, 9.17) is 14.0 Å². The Hall–Kier alpha value is -2.56. The second kappa shape index (κ2) is 3.73. The van der Waals surface area contributed by atoms with Gasteiger partial charge >= 0.3 is 5.97 Å². The molecule has 0 saturated carbocycles. The lowest BCUT2D eigenvalue weighted by Gasteiger charge is -1.97. The first-order valence-electron chi connectivity index (χ1n) is 5.34. The van der Waals surface area contributed by atoms with Crippen LogP contribution in [0.25, 0.3) is 22.2 Å². The van der Waals surface area contributed by atoms with Gasteiger partial charge in [0.05, 0.1) is 6.26 Å². The van der Waals surface area contributed by atoms with E-state index in [0.29, 0.717) is 11.3 Å². The molecular formula is C13H9NO4. The number of aromatic carboxylic acids is 1. The van der Waals surface area contributed by atoms with Crippen molar-refractivity contribution < 1.29 is 18.8 Å². The number of hydrogen-bond donors (Lipinski definition) is 1. The van der Waals surface area contributed by atoms with Crippen molar-refractivity contribution in [3.05, 3.63) is 41.9 Å². The highest BCUT2D eigenvalue weighted by molar-refractivity contribution is 5.89. The van der Waals surface area contributed by atoms with Crippen LogP contribution in [0.3, 0.4) is 0 Å². The molecule has 0 unspecified atom stereocenters. The van der Waals surface area contributed by atoms with Crippen LogP contribution in [0, 0.1) is 6.92 Å². The maximum absolute atomic E-state index is 10.9. The van der Waals surface area contributed by atoms with Crippen LogP contribution < -0.4 is 0 Å². The van der Waals surface area contributed by atoms with Gasteiger partial charge in [0.2, 0.25) is 5.76 Å². The van der Waals surface area contributed by atoms with Crippen molar-refractivity contribution in [3.8, 4) is 11.3 Å². The zero-order valence-corrected chi connectivity index (χ0v) is 9.51. The van der Waals surface area contributed by atoms with Gasteiger partial charge in [-0.1, -0.05) is 5.16 Å². The van der Waals surface area contributed by atoms with Crippen LogP contribution in [0.2, 0.25) is 0 Å². The minimum atomic E-state index is -1.12. The minimum Gasteiger partial charge on any atom is -0.475 e. The SMILES string of the molecule is Cc1c(-c2ccc3occc3c2)noc1C(=O)O. The maximum Gasteiger partial charge on any atom is 0.375 e. The van der Waals surface area contributed by atoms with Crippen molar-refractivity contribution in [2.75, 3.05) is 0 Å². The number of furan rings is 1. The van der Waals surface area contributed by atoms with Gasteiger partial charge in [0.1, 0.15) is 11.3 Å². The third-order valence-electron chi connectivity index (χ3n) is 2.84. The van der Waals surface area contributed by atoms with Crippen molar-refractivity contribution in [2.24, 2.45) is 0 Å². The predicted molar refractivity (Wildman–Crippen MR) is 63.4 cm³/mol. The van der Waals surface area contributed by atoms with E-state index in [0.717, 1.165) is 16.5 Å². The molecule has 0 aliphatic rings. The Labute approximate surface area is 102 Å². The predicted octanol–water partition coefficient (Wildman–Crippen LogP) is 3.09. The number of carboxylic acids is 1. The normalized spacial score (nSPS) is 10.9. The summed E-state index contributed by atoms with van der Waals surface area (Å²) >= 11 is 0. The van der Waals surface area contributed by atoms with Crippen LogP contribution in [0.5, 0.6) is 0 Å². The van der Waals surface area contributed by atoms with Gasteiger partial charge in [-0.15, -0.1) is 0 Å². The molecule has 1 N–H and O–H groups in total. The van der Waals surface area contributed by atoms with Crippen molar-refractivity contribution >= 4 is 16.9 Å². The third-order valence-corrected chi connectivity index (χ3v) is 2.84. The number of aromatic nitrogens is 1. The van der Waals surface area contributed by atoms with Crippen LogP contribution in [-0.2, 0) is 0 Å². The molecule has 0 bridgehead atoms. The highest BCUT2D eigenvalue weighted by atomic mass is 16.5. The molecule has 90 valence electrons. The summed E-state index contributed by atoms with van der Waals surface area (Å²) in [7, 11) is 0. The van der Waals surface area contributed by atoms with Crippen molar-refractivity contribution in [1.29, 1.82) is 0 Å². The van der Waals surface area contributed by atoms with Gasteiger partial charge < -0.3 is 14.0 Å². The fraction of sp³-hybridized carbons (Fsp3) is 0.0769. The van der Waals surface area contributed by atoms with E-state index in [1.807, 2.05) is 24.3 Å². The molecule has 3 rings (SSSR count). The van der Waals surface area contributed by atoms with E-state index in [9.17, 15) is 4.79 Å². The first-order valence-corrected chi connectivity index (χ1v) is 5.34. The van der Waals surface area contributed by atoms with Gasteiger partial charge in [-0.25, -0.2) is 4.79 Å². The number of carbonyl (C=O) groups is 1. The zero-order chi connectivity index (χ0) is 12.7. The van der Waals surface area contributed by atoms with Gasteiger partial charge in [0.25, 0.3) is 0 Å². The number of rotatable bonds is 2. The molecule has 0 aliphatic heterocycles. The fourth-order valence-electron chi connectivity index (χ4n) is 1.92. The highest BCUT2D eigenvalue weighted by Gasteiger charge is 2.19. The summed E-state index contributed by atoms with van der Waals surface area (Å²) in [6, 6.07) is 7.36. The second-order valence-corrected chi connectivity index (χ2v) is 3.96. The van der Waals surface area contributed by atoms with Crippen LogP contribution in [0.1, 0.15) is 16.1 Å². The Morgan fingerprint density at radius 2 is 2.17 bits per heavy atom. The van der Waals surface area contributed by atoms with Gasteiger partial charge in [0.15, 0.2) is 0 Å². The summed E-state index contributed by atoms with van der Waals surface area (Å²) in [5.41, 5.74) is 2.64. The lowest BCUT2D eigenvalue weighted by Crippen LogP contribution is -1.95. The largest absolute Gasteiger partial charge is 0.475 e. The topological polar surface area (TPSA) is 76.5 Å². The van der Waals surface area contributed by atoms with E-state index >= 15 is 0 Å². The summed E-state index contributed by atoms with van der Waals surface area (Å²) in [5.74, 6) is -1.24. The quantitative estimate of drug-likeness (QED) is 0.748. The number of fused-ring (bicyclic) bond motifs is 1. The summed E-state index contributed by atoms with van der Waals surface area (Å²) < 4.78 is 10.1. The van der Waals surface area contributed by atoms with Crippen LogP contribution in [0.15, 0.2) is 39.5 Å². The molecule has 0 amide bonds. The molecule has 0 fully saturated rings. The smallest absolute Gasteiger partial charge is 0.375 e. The summed E-state index contributed by atoms with van der Waals surface area (Å²) in [6.07, 6.45) is 1.60. The molecule has 0 spiro atoms. The second-order valence-electron chi connectivity index (χ2n) is 3.96. The van der Waals surface area contributed by atoms with Gasteiger partial charge in [-0.3, -0.25) is 0 Å². The molecule has 0 saturated heterocycles. The van der Waals surface area contributed by atoms with E-state index in [1.54, 1.807) is 13.2 Å². The van der Waals surface area contributed by atoms with Crippen LogP contribution in [0.4, 0.5) is 0 Å². The summed E-state index contributed by atoms with van der Waals surface area (Å²) in [4.78, 5) is 10.9.